The van der Waals surface area contributed by atoms with Gasteiger partial charge in [-0.25, -0.2) is 4.79 Å². The molecule has 42 heavy (non-hydrogen) atoms. The van der Waals surface area contributed by atoms with E-state index in [4.69, 9.17) is 16.3 Å². The number of nitrogens with one attached hydrogen (secondary N) is 2. The number of fused-ring (bicyclic) bond motifs is 1. The van der Waals surface area contributed by atoms with E-state index in [9.17, 15) is 15.3 Å². The molecule has 218 valence electrons. The molecule has 13 nitrogen and oxygen atoms in total. The van der Waals surface area contributed by atoms with Gasteiger partial charge in [0.15, 0.2) is 5.65 Å². The molecule has 2 N–H and O–H groups in total. The maximum absolute atomic E-state index is 12.3. The quantitative estimate of drug-likeness (QED) is 0.434. The van der Waals surface area contributed by atoms with Crippen molar-refractivity contribution in [2.24, 2.45) is 0 Å². The molecule has 2 aliphatic heterocycles. The van der Waals surface area contributed by atoms with E-state index < -0.39 is 5.60 Å². The average Bonchev–Trinajstić information content (AvgIpc) is 3.64. The van der Waals surface area contributed by atoms with Crippen LogP contribution in [0, 0.1) is 22.7 Å². The Morgan fingerprint density at radius 3 is 2.48 bits per heavy atom. The number of carbonyl (C=O) groups is 1. The van der Waals surface area contributed by atoms with Crippen molar-refractivity contribution < 1.29 is 9.53 Å². The van der Waals surface area contributed by atoms with Crippen molar-refractivity contribution in [1.82, 2.24) is 29.4 Å². The zero-order valence-electron chi connectivity index (χ0n) is 23.8. The van der Waals surface area contributed by atoms with E-state index in [0.29, 0.717) is 58.6 Å². The van der Waals surface area contributed by atoms with Crippen LogP contribution < -0.4 is 15.5 Å². The van der Waals surface area contributed by atoms with Crippen molar-refractivity contribution >= 4 is 46.6 Å². The molecule has 0 bridgehead atoms. The standard InChI is InChI=1S/C28H32ClN11O2/c1-28(2,3)42-27(41)39-15-20(16-39)37-6-8-38(9-7-37)22-11-17(12-30)10-21(23(22)29)34-25-35-24-18(13-31)14-32-40(24)26(36-25)33-19-4-5-19/h10-11,14,19-20H,4-9,15-16H2,1-3H3,(H2,33,34,35,36). The first-order chi connectivity index (χ1) is 20.1. The summed E-state index contributed by atoms with van der Waals surface area (Å²) in [6.45, 7) is 9.96. The predicted octanol–water partition coefficient (Wildman–Crippen LogP) is 3.58. The molecule has 4 heterocycles. The molecule has 3 fully saturated rings. The van der Waals surface area contributed by atoms with Gasteiger partial charge in [-0.05, 0) is 45.7 Å². The van der Waals surface area contributed by atoms with Gasteiger partial charge >= 0.3 is 6.09 Å². The first-order valence-electron chi connectivity index (χ1n) is 14.0. The molecule has 3 aromatic rings. The third-order valence-corrected chi connectivity index (χ3v) is 7.91. The highest BCUT2D eigenvalue weighted by Crippen LogP contribution is 2.37. The van der Waals surface area contributed by atoms with E-state index in [1.807, 2.05) is 20.8 Å². The van der Waals surface area contributed by atoms with E-state index in [1.54, 1.807) is 17.0 Å². The van der Waals surface area contributed by atoms with Gasteiger partial charge in [0, 0.05) is 51.4 Å². The number of likely N-dealkylation sites (tertiary alicyclic amines) is 1. The maximum Gasteiger partial charge on any atom is 0.410 e. The summed E-state index contributed by atoms with van der Waals surface area (Å²) in [6.07, 6.45) is 3.27. The zero-order valence-corrected chi connectivity index (χ0v) is 24.5. The number of aromatic nitrogens is 4. The van der Waals surface area contributed by atoms with Crippen LogP contribution in [0.3, 0.4) is 0 Å². The van der Waals surface area contributed by atoms with Crippen LogP contribution in [0.1, 0.15) is 44.7 Å². The zero-order chi connectivity index (χ0) is 29.6. The van der Waals surface area contributed by atoms with Crippen LogP contribution >= 0.6 is 11.6 Å². The summed E-state index contributed by atoms with van der Waals surface area (Å²) < 4.78 is 7.00. The second kappa shape index (κ2) is 10.8. The third kappa shape index (κ3) is 5.71. The molecule has 1 saturated carbocycles. The van der Waals surface area contributed by atoms with Crippen LogP contribution in [-0.4, -0.2) is 92.4 Å². The summed E-state index contributed by atoms with van der Waals surface area (Å²) in [5.41, 5.74) is 1.90. The minimum Gasteiger partial charge on any atom is -0.444 e. The molecule has 0 unspecified atom stereocenters. The minimum atomic E-state index is -0.507. The summed E-state index contributed by atoms with van der Waals surface area (Å²) in [5, 5.41) is 30.6. The van der Waals surface area contributed by atoms with Crippen LogP contribution in [0.15, 0.2) is 18.3 Å². The molecule has 1 aliphatic carbocycles. The van der Waals surface area contributed by atoms with E-state index in [-0.39, 0.29) is 12.0 Å². The van der Waals surface area contributed by atoms with Gasteiger partial charge in [0.1, 0.15) is 17.2 Å². The molecule has 2 saturated heterocycles. The summed E-state index contributed by atoms with van der Waals surface area (Å²) in [5.74, 6) is 0.728. The van der Waals surface area contributed by atoms with Gasteiger partial charge in [0.05, 0.1) is 34.2 Å². The lowest BCUT2D eigenvalue weighted by Crippen LogP contribution is -2.64. The van der Waals surface area contributed by atoms with Crippen molar-refractivity contribution in [2.75, 3.05) is 54.8 Å². The molecule has 0 radical (unpaired) electrons. The Kier molecular flexibility index (Phi) is 7.17. The largest absolute Gasteiger partial charge is 0.444 e. The summed E-state index contributed by atoms with van der Waals surface area (Å²) >= 11 is 6.93. The molecular weight excluding hydrogens is 558 g/mol. The Balaban J connectivity index is 1.17. The second-order valence-corrected chi connectivity index (χ2v) is 12.2. The normalized spacial score (nSPS) is 17.9. The van der Waals surface area contributed by atoms with Crippen molar-refractivity contribution in [2.45, 2.75) is 51.3 Å². The number of nitrogens with zero attached hydrogens (tertiary/aromatic N) is 9. The predicted molar refractivity (Wildman–Crippen MR) is 157 cm³/mol. The summed E-state index contributed by atoms with van der Waals surface area (Å²) in [4.78, 5) is 27.7. The molecule has 1 aromatic carbocycles. The molecular formula is C28H32ClN11O2. The second-order valence-electron chi connectivity index (χ2n) is 11.9. The lowest BCUT2D eigenvalue weighted by atomic mass is 10.1. The first-order valence-corrected chi connectivity index (χ1v) is 14.4. The third-order valence-electron chi connectivity index (χ3n) is 7.51. The number of benzene rings is 1. The van der Waals surface area contributed by atoms with Gasteiger partial charge in [-0.2, -0.15) is 30.1 Å². The number of rotatable bonds is 6. The monoisotopic (exact) mass is 589 g/mol. The van der Waals surface area contributed by atoms with Gasteiger partial charge in [-0.3, -0.25) is 4.90 Å². The average molecular weight is 590 g/mol. The smallest absolute Gasteiger partial charge is 0.410 e. The molecule has 6 rings (SSSR count). The fourth-order valence-corrected chi connectivity index (χ4v) is 5.40. The van der Waals surface area contributed by atoms with Crippen LogP contribution in [-0.2, 0) is 4.74 Å². The van der Waals surface area contributed by atoms with E-state index in [1.165, 1.54) is 10.7 Å². The molecule has 2 aromatic heterocycles. The Morgan fingerprint density at radius 2 is 1.83 bits per heavy atom. The number of hydrogen-bond acceptors (Lipinski definition) is 11. The number of anilines is 4. The number of hydrogen-bond donors (Lipinski definition) is 2. The summed E-state index contributed by atoms with van der Waals surface area (Å²) in [7, 11) is 0. The van der Waals surface area contributed by atoms with Gasteiger partial charge < -0.3 is 25.2 Å². The highest BCUT2D eigenvalue weighted by atomic mass is 35.5. The highest BCUT2D eigenvalue weighted by Gasteiger charge is 2.38. The van der Waals surface area contributed by atoms with Crippen molar-refractivity contribution in [3.8, 4) is 12.1 Å². The SMILES string of the molecule is CC(C)(C)OC(=O)N1CC(N2CCN(c3cc(C#N)cc(Nc4nc(NC5CC5)n5ncc(C#N)c5n4)c3Cl)CC2)C1. The molecule has 14 heteroatoms. The number of ether oxygens (including phenoxy) is 1. The maximum atomic E-state index is 12.3. The van der Waals surface area contributed by atoms with E-state index in [2.05, 4.69) is 47.6 Å². The number of nitriles is 2. The van der Waals surface area contributed by atoms with Gasteiger partial charge in [-0.15, -0.1) is 0 Å². The Labute approximate surface area is 248 Å². The highest BCUT2D eigenvalue weighted by molar-refractivity contribution is 6.36. The number of carbonyl (C=O) groups excluding carboxylic acids is 1. The van der Waals surface area contributed by atoms with Crippen LogP contribution in [0.4, 0.5) is 28.1 Å². The number of piperazine rings is 1. The van der Waals surface area contributed by atoms with Gasteiger partial charge in [0.2, 0.25) is 11.9 Å². The van der Waals surface area contributed by atoms with Crippen molar-refractivity contribution in [3.05, 3.63) is 34.5 Å². The molecule has 3 aliphatic rings. The lowest BCUT2D eigenvalue weighted by Gasteiger charge is -2.48. The van der Waals surface area contributed by atoms with Crippen LogP contribution in [0.25, 0.3) is 5.65 Å². The topological polar surface area (TPSA) is 151 Å². The first kappa shape index (κ1) is 27.8. The van der Waals surface area contributed by atoms with E-state index >= 15 is 0 Å². The van der Waals surface area contributed by atoms with Crippen molar-refractivity contribution in [1.29, 1.82) is 10.5 Å². The van der Waals surface area contributed by atoms with Gasteiger partial charge in [0.25, 0.3) is 0 Å². The van der Waals surface area contributed by atoms with Crippen molar-refractivity contribution in [3.63, 3.8) is 0 Å². The fourth-order valence-electron chi connectivity index (χ4n) is 5.12. The molecule has 1 amide bonds. The fraction of sp³-hybridized carbons (Fsp3) is 0.500. The molecule has 0 spiro atoms. The Hall–Kier alpha value is -4.33. The Morgan fingerprint density at radius 1 is 1.10 bits per heavy atom. The van der Waals surface area contributed by atoms with E-state index in [0.717, 1.165) is 44.7 Å². The molecule has 0 atom stereocenters. The summed E-state index contributed by atoms with van der Waals surface area (Å²) in [6, 6.07) is 8.42. The minimum absolute atomic E-state index is 0.245. The lowest BCUT2D eigenvalue weighted by molar-refractivity contribution is -0.0162. The van der Waals surface area contributed by atoms with Crippen LogP contribution in [0.2, 0.25) is 5.02 Å². The van der Waals surface area contributed by atoms with Gasteiger partial charge in [-0.1, -0.05) is 11.6 Å². The van der Waals surface area contributed by atoms with Crippen LogP contribution in [0.5, 0.6) is 0 Å². The number of amides is 1. The Bertz CT molecular complexity index is 1600. The number of halogens is 1.